The van der Waals surface area contributed by atoms with E-state index in [0.717, 1.165) is 38.8 Å². The van der Waals surface area contributed by atoms with Gasteiger partial charge in [0.2, 0.25) is 0 Å². The van der Waals surface area contributed by atoms with E-state index in [-0.39, 0.29) is 12.8 Å². The Balaban J connectivity index is -0.000000408. The summed E-state index contributed by atoms with van der Waals surface area (Å²) >= 11 is 0. The molecule has 6 heteroatoms. The molecule has 0 unspecified atom stereocenters. The van der Waals surface area contributed by atoms with E-state index in [4.69, 9.17) is 0 Å². The maximum atomic E-state index is 10.0. The van der Waals surface area contributed by atoms with Gasteiger partial charge in [-0.05, 0) is 39.5 Å². The summed E-state index contributed by atoms with van der Waals surface area (Å²) in [4.78, 5) is 20.1. The molecule has 0 aliphatic heterocycles. The summed E-state index contributed by atoms with van der Waals surface area (Å²) < 4.78 is 0. The van der Waals surface area contributed by atoms with Gasteiger partial charge in [0, 0.05) is 11.9 Å². The third-order valence-electron chi connectivity index (χ3n) is 2.01. The van der Waals surface area contributed by atoms with Crippen LogP contribution in [-0.2, 0) is 9.59 Å². The van der Waals surface area contributed by atoms with Crippen LogP contribution < -0.4 is 21.7 Å². The third-order valence-corrected chi connectivity index (χ3v) is 2.01. The SMILES string of the molecule is CC[NH3+].CC[NH3+].O=C([O-])CCCCCCCCC(=O)[O-]. The molecule has 0 aromatic carbocycles. The summed E-state index contributed by atoms with van der Waals surface area (Å²) in [6.07, 6.45) is 5.23. The van der Waals surface area contributed by atoms with Crippen LogP contribution in [-0.4, -0.2) is 25.0 Å². The lowest BCUT2D eigenvalue weighted by Gasteiger charge is -2.03. The normalized spacial score (nSPS) is 8.80. The van der Waals surface area contributed by atoms with Crippen molar-refractivity contribution in [2.75, 3.05) is 13.1 Å². The summed E-state index contributed by atoms with van der Waals surface area (Å²) in [6, 6.07) is 0. The van der Waals surface area contributed by atoms with Crippen molar-refractivity contribution in [3.05, 3.63) is 0 Å². The maximum absolute atomic E-state index is 10.0. The first-order valence-electron chi connectivity index (χ1n) is 7.44. The van der Waals surface area contributed by atoms with Crippen LogP contribution in [0.1, 0.15) is 65.2 Å². The second-order valence-electron chi connectivity index (χ2n) is 4.37. The zero-order chi connectivity index (χ0) is 16.2. The highest BCUT2D eigenvalue weighted by Crippen LogP contribution is 2.07. The molecule has 0 saturated heterocycles. The fourth-order valence-corrected chi connectivity index (χ4v) is 1.25. The molecule has 0 spiro atoms. The van der Waals surface area contributed by atoms with Gasteiger partial charge >= 0.3 is 0 Å². The first-order valence-corrected chi connectivity index (χ1v) is 7.44. The molecule has 0 aromatic rings. The lowest BCUT2D eigenvalue weighted by Crippen LogP contribution is -2.48. The Hall–Kier alpha value is -1.14. The van der Waals surface area contributed by atoms with Gasteiger partial charge in [0.25, 0.3) is 0 Å². The van der Waals surface area contributed by atoms with Crippen molar-refractivity contribution in [2.24, 2.45) is 0 Å². The van der Waals surface area contributed by atoms with Crippen LogP contribution in [0.25, 0.3) is 0 Å². The topological polar surface area (TPSA) is 136 Å². The molecule has 0 atom stereocenters. The number of aliphatic carboxylic acids is 2. The van der Waals surface area contributed by atoms with Crippen LogP contribution in [0.4, 0.5) is 0 Å². The van der Waals surface area contributed by atoms with Crippen LogP contribution in [0.5, 0.6) is 0 Å². The van der Waals surface area contributed by atoms with Gasteiger partial charge in [-0.1, -0.05) is 25.7 Å². The molecule has 0 saturated carbocycles. The molecule has 0 aliphatic carbocycles. The van der Waals surface area contributed by atoms with Crippen molar-refractivity contribution in [2.45, 2.75) is 65.2 Å². The summed E-state index contributed by atoms with van der Waals surface area (Å²) in [5.41, 5.74) is 6.97. The van der Waals surface area contributed by atoms with Gasteiger partial charge < -0.3 is 31.3 Å². The third kappa shape index (κ3) is 43.6. The summed E-state index contributed by atoms with van der Waals surface area (Å²) in [7, 11) is 0. The molecule has 6 N–H and O–H groups in total. The number of rotatable bonds is 9. The highest BCUT2D eigenvalue weighted by molar-refractivity contribution is 5.64. The molecule has 0 amide bonds. The second-order valence-corrected chi connectivity index (χ2v) is 4.37. The number of hydrogen-bond donors (Lipinski definition) is 2. The van der Waals surface area contributed by atoms with Crippen LogP contribution in [0, 0.1) is 0 Å². The van der Waals surface area contributed by atoms with Gasteiger partial charge in [-0.2, -0.15) is 0 Å². The Morgan fingerprint density at radius 3 is 1.10 bits per heavy atom. The van der Waals surface area contributed by atoms with Crippen molar-refractivity contribution >= 4 is 11.9 Å². The largest absolute Gasteiger partial charge is 0.550 e. The molecule has 20 heavy (non-hydrogen) atoms. The average Bonchev–Trinajstić information content (AvgIpc) is 2.34. The van der Waals surface area contributed by atoms with E-state index in [1.54, 1.807) is 0 Å². The number of carbonyl (C=O) groups is 2. The second kappa shape index (κ2) is 23.0. The Morgan fingerprint density at radius 2 is 0.900 bits per heavy atom. The number of carbonyl (C=O) groups excluding carboxylic acids is 2. The smallest absolute Gasteiger partial charge is 0.0711 e. The minimum atomic E-state index is -0.998. The number of carboxylic acids is 2. The quantitative estimate of drug-likeness (QED) is 0.480. The lowest BCUT2D eigenvalue weighted by atomic mass is 10.1. The molecule has 0 bridgehead atoms. The fraction of sp³-hybridized carbons (Fsp3) is 0.857. The van der Waals surface area contributed by atoms with Gasteiger partial charge in [0.15, 0.2) is 0 Å². The van der Waals surface area contributed by atoms with E-state index in [1.165, 1.54) is 0 Å². The molecule has 6 nitrogen and oxygen atoms in total. The Morgan fingerprint density at radius 1 is 0.700 bits per heavy atom. The number of unbranched alkanes of at least 4 members (excludes halogenated alkanes) is 5. The van der Waals surface area contributed by atoms with E-state index in [2.05, 4.69) is 11.5 Å². The van der Waals surface area contributed by atoms with Gasteiger partial charge in [-0.3, -0.25) is 0 Å². The van der Waals surface area contributed by atoms with Gasteiger partial charge in [0.1, 0.15) is 0 Å². The van der Waals surface area contributed by atoms with Crippen LogP contribution in [0.15, 0.2) is 0 Å². The summed E-state index contributed by atoms with van der Waals surface area (Å²) in [5.74, 6) is -2.00. The predicted octanol–water partition coefficient (Wildman–Crippen LogP) is -1.90. The number of quaternary nitrogens is 2. The first kappa shape index (κ1) is 23.9. The van der Waals surface area contributed by atoms with Gasteiger partial charge in [-0.15, -0.1) is 0 Å². The van der Waals surface area contributed by atoms with Crippen LogP contribution in [0.2, 0.25) is 0 Å². The number of carboxylic acid groups (broad SMARTS) is 2. The van der Waals surface area contributed by atoms with Crippen LogP contribution in [0.3, 0.4) is 0 Å². The van der Waals surface area contributed by atoms with Crippen molar-refractivity contribution in [1.82, 2.24) is 0 Å². The van der Waals surface area contributed by atoms with Crippen molar-refractivity contribution < 1.29 is 31.3 Å². The maximum Gasteiger partial charge on any atom is 0.0711 e. The van der Waals surface area contributed by atoms with E-state index in [0.29, 0.717) is 12.8 Å². The van der Waals surface area contributed by atoms with Gasteiger partial charge in [0.05, 0.1) is 13.1 Å². The molecule has 0 radical (unpaired) electrons. The molecule has 0 aliphatic rings. The monoisotopic (exact) mass is 292 g/mol. The molecule has 0 aromatic heterocycles. The van der Waals surface area contributed by atoms with E-state index in [1.807, 2.05) is 13.8 Å². The van der Waals surface area contributed by atoms with E-state index in [9.17, 15) is 19.8 Å². The molecule has 0 rings (SSSR count). The van der Waals surface area contributed by atoms with E-state index < -0.39 is 11.9 Å². The Kier molecular flexibility index (Phi) is 27.5. The minimum absolute atomic E-state index is 0.124. The highest BCUT2D eigenvalue weighted by atomic mass is 16.4. The molecule has 0 heterocycles. The first-order chi connectivity index (χ1) is 9.45. The number of hydrogen-bond acceptors (Lipinski definition) is 4. The summed E-state index contributed by atoms with van der Waals surface area (Å²) in [6.45, 7) is 6.03. The zero-order valence-electron chi connectivity index (χ0n) is 13.1. The average molecular weight is 292 g/mol. The molecular weight excluding hydrogens is 260 g/mol. The van der Waals surface area contributed by atoms with Crippen molar-refractivity contribution in [3.8, 4) is 0 Å². The Labute approximate surface area is 122 Å². The minimum Gasteiger partial charge on any atom is -0.550 e. The predicted molar refractivity (Wildman–Crippen MR) is 73.8 cm³/mol. The highest BCUT2D eigenvalue weighted by Gasteiger charge is 1.92. The zero-order valence-corrected chi connectivity index (χ0v) is 13.1. The summed E-state index contributed by atoms with van der Waals surface area (Å²) in [5, 5.41) is 20.1. The van der Waals surface area contributed by atoms with Gasteiger partial charge in [-0.25, -0.2) is 0 Å². The van der Waals surface area contributed by atoms with Crippen molar-refractivity contribution in [3.63, 3.8) is 0 Å². The molecule has 122 valence electrons. The Bertz CT molecular complexity index is 189. The fourth-order valence-electron chi connectivity index (χ4n) is 1.25. The lowest BCUT2D eigenvalue weighted by molar-refractivity contribution is -0.362. The standard InChI is InChI=1S/C10H18O4.2C2H7N/c11-9(12)7-5-3-1-2-4-6-8-10(13)14;2*1-2-3/h1-8H2,(H,11,12)(H,13,14);2*2-3H2,1H3. The van der Waals surface area contributed by atoms with E-state index >= 15 is 0 Å². The van der Waals surface area contributed by atoms with Crippen LogP contribution >= 0.6 is 0 Å². The molecular formula is C14H32N2O4. The van der Waals surface area contributed by atoms with Crippen molar-refractivity contribution in [1.29, 1.82) is 0 Å². The molecule has 0 fully saturated rings.